The Morgan fingerprint density at radius 3 is 2.83 bits per heavy atom. The van der Waals surface area contributed by atoms with Gasteiger partial charge in [-0.2, -0.15) is 4.31 Å². The Bertz CT molecular complexity index is 494. The zero-order chi connectivity index (χ0) is 13.2. The lowest BCUT2D eigenvalue weighted by Gasteiger charge is -2.27. The van der Waals surface area contributed by atoms with Gasteiger partial charge >= 0.3 is 5.97 Å². The van der Waals surface area contributed by atoms with Gasteiger partial charge in [0, 0.05) is 17.5 Å². The Kier molecular flexibility index (Phi) is 3.01. The Labute approximate surface area is 119 Å². The van der Waals surface area contributed by atoms with Crippen LogP contribution in [-0.4, -0.2) is 58.5 Å². The smallest absolute Gasteiger partial charge is 0.319 e. The van der Waals surface area contributed by atoms with Gasteiger partial charge in [0.15, 0.2) is 0 Å². The largest absolute Gasteiger partial charge is 0.459 e. The van der Waals surface area contributed by atoms with E-state index in [9.17, 15) is 13.2 Å². The summed E-state index contributed by atoms with van der Waals surface area (Å²) in [6.45, 7) is 1.71. The highest BCUT2D eigenvalue weighted by atomic mass is 79.9. The number of carbonyl (C=O) groups excluding carboxylic acids is 1. The van der Waals surface area contributed by atoms with Crippen molar-refractivity contribution < 1.29 is 17.9 Å². The van der Waals surface area contributed by atoms with Crippen LogP contribution in [0.4, 0.5) is 0 Å². The van der Waals surface area contributed by atoms with Gasteiger partial charge in [-0.1, -0.05) is 15.9 Å². The number of fused-ring (bicyclic) bond motifs is 1. The number of nitrogens with zero attached hydrogens (tertiary/aromatic N) is 1. The predicted molar refractivity (Wildman–Crippen MR) is 72.3 cm³/mol. The lowest BCUT2D eigenvalue weighted by Crippen LogP contribution is -2.46. The summed E-state index contributed by atoms with van der Waals surface area (Å²) in [6.07, 6.45) is 0.304. The van der Waals surface area contributed by atoms with E-state index in [1.165, 1.54) is 4.31 Å². The summed E-state index contributed by atoms with van der Waals surface area (Å²) in [4.78, 5) is 11.3. The van der Waals surface area contributed by atoms with Crippen LogP contribution in [0, 0.1) is 0 Å². The molecule has 3 saturated heterocycles. The van der Waals surface area contributed by atoms with E-state index in [1.807, 2.05) is 0 Å². The molecule has 0 spiro atoms. The van der Waals surface area contributed by atoms with Crippen molar-refractivity contribution in [3.63, 3.8) is 0 Å². The Morgan fingerprint density at radius 1 is 1.56 bits per heavy atom. The van der Waals surface area contributed by atoms with Crippen LogP contribution in [0.5, 0.6) is 0 Å². The van der Waals surface area contributed by atoms with E-state index in [4.69, 9.17) is 4.74 Å². The van der Waals surface area contributed by atoms with E-state index in [2.05, 4.69) is 15.9 Å². The van der Waals surface area contributed by atoms with Gasteiger partial charge in [-0.05, 0) is 13.3 Å². The van der Waals surface area contributed by atoms with E-state index in [0.29, 0.717) is 6.42 Å². The predicted octanol–water partition coefficient (Wildman–Crippen LogP) is 0.582. The molecule has 6 unspecified atom stereocenters. The number of alkyl halides is 1. The number of ether oxygens (including phenoxy) is 1. The van der Waals surface area contributed by atoms with Crippen molar-refractivity contribution in [2.45, 2.75) is 46.1 Å². The third kappa shape index (κ3) is 1.61. The summed E-state index contributed by atoms with van der Waals surface area (Å²) in [5.41, 5.74) is 0. The van der Waals surface area contributed by atoms with Crippen molar-refractivity contribution >= 4 is 43.7 Å². The number of sulfonamides is 1. The topological polar surface area (TPSA) is 63.7 Å². The fourth-order valence-electron chi connectivity index (χ4n) is 3.09. The number of esters is 1. The van der Waals surface area contributed by atoms with Gasteiger partial charge in [0.25, 0.3) is 0 Å². The van der Waals surface area contributed by atoms with Crippen LogP contribution in [0.3, 0.4) is 0 Å². The summed E-state index contributed by atoms with van der Waals surface area (Å²) < 4.78 is 31.2. The normalized spacial score (nSPS) is 46.3. The Hall–Kier alpha value is 0.210. The Morgan fingerprint density at radius 2 is 2.22 bits per heavy atom. The number of thioether (sulfide) groups is 1. The van der Waals surface area contributed by atoms with Crippen molar-refractivity contribution in [2.24, 2.45) is 0 Å². The summed E-state index contributed by atoms with van der Waals surface area (Å²) in [5, 5.41) is -0.0906. The molecule has 3 aliphatic heterocycles. The second kappa shape index (κ2) is 4.10. The van der Waals surface area contributed by atoms with Gasteiger partial charge < -0.3 is 4.74 Å². The zero-order valence-electron chi connectivity index (χ0n) is 9.95. The molecule has 3 rings (SSSR count). The fourth-order valence-corrected chi connectivity index (χ4v) is 7.86. The molecule has 0 radical (unpaired) electrons. The van der Waals surface area contributed by atoms with Crippen LogP contribution in [-0.2, 0) is 19.6 Å². The molecule has 8 heteroatoms. The number of likely N-dealkylation sites (N-methyl/N-ethyl adjacent to an activating group) is 1. The van der Waals surface area contributed by atoms with Crippen LogP contribution in [0.2, 0.25) is 0 Å². The van der Waals surface area contributed by atoms with Crippen molar-refractivity contribution in [2.75, 3.05) is 7.05 Å². The molecule has 3 aliphatic rings. The van der Waals surface area contributed by atoms with Crippen LogP contribution < -0.4 is 0 Å². The first-order chi connectivity index (χ1) is 8.34. The summed E-state index contributed by atoms with van der Waals surface area (Å²) in [7, 11) is -1.59. The summed E-state index contributed by atoms with van der Waals surface area (Å²) in [6, 6.07) is -0.182. The molecular formula is C10H14BrNO4S2. The average Bonchev–Trinajstić information content (AvgIpc) is 2.88. The van der Waals surface area contributed by atoms with Gasteiger partial charge in [-0.3, -0.25) is 4.79 Å². The van der Waals surface area contributed by atoms with Crippen molar-refractivity contribution in [3.05, 3.63) is 0 Å². The highest BCUT2D eigenvalue weighted by Gasteiger charge is 2.67. The molecule has 3 fully saturated rings. The number of hydrogen-bond donors (Lipinski definition) is 0. The van der Waals surface area contributed by atoms with Crippen molar-refractivity contribution in [3.8, 4) is 0 Å². The zero-order valence-corrected chi connectivity index (χ0v) is 13.2. The highest BCUT2D eigenvalue weighted by Crippen LogP contribution is 2.56. The van der Waals surface area contributed by atoms with Crippen LogP contribution in [0.1, 0.15) is 13.3 Å². The van der Waals surface area contributed by atoms with Gasteiger partial charge in [0.1, 0.15) is 10.9 Å². The first-order valence-corrected chi connectivity index (χ1v) is 9.17. The fraction of sp³-hybridized carbons (Fsp3) is 0.900. The summed E-state index contributed by atoms with van der Waals surface area (Å²) >= 11 is 4.84. The van der Waals surface area contributed by atoms with Gasteiger partial charge in [-0.25, -0.2) is 8.42 Å². The average molecular weight is 356 g/mol. The molecule has 3 heterocycles. The van der Waals surface area contributed by atoms with Gasteiger partial charge in [0.2, 0.25) is 10.0 Å². The standard InChI is InChI=1S/C10H14BrNO4S2/c1-4(11)10(13)16-8-5-3-6-9(17-5)7(8)12(2)18(6,14)15/h4-9H,3H2,1-2H3. The third-order valence-corrected chi connectivity index (χ3v) is 8.56. The first kappa shape index (κ1) is 13.2. The SMILES string of the molecule is CC(Br)C(=O)OC1C2CC3C(S2)C1N(C)S3(=O)=O. The van der Waals surface area contributed by atoms with E-state index in [1.54, 1.807) is 25.7 Å². The molecule has 5 nitrogen and oxygen atoms in total. The maximum Gasteiger partial charge on any atom is 0.319 e. The molecule has 2 bridgehead atoms. The molecule has 0 aliphatic carbocycles. The van der Waals surface area contributed by atoms with Gasteiger partial charge in [0.05, 0.1) is 11.3 Å². The van der Waals surface area contributed by atoms with Crippen molar-refractivity contribution in [1.29, 1.82) is 0 Å². The number of halogens is 1. The first-order valence-electron chi connectivity index (χ1n) is 5.81. The summed E-state index contributed by atoms with van der Waals surface area (Å²) in [5.74, 6) is -0.317. The van der Waals surface area contributed by atoms with Gasteiger partial charge in [-0.15, -0.1) is 11.8 Å². The maximum atomic E-state index is 12.1. The van der Waals surface area contributed by atoms with E-state index in [-0.39, 0.29) is 38.7 Å². The molecule has 102 valence electrons. The van der Waals surface area contributed by atoms with Crippen LogP contribution in [0.15, 0.2) is 0 Å². The molecule has 18 heavy (non-hydrogen) atoms. The maximum absolute atomic E-state index is 12.1. The second-order valence-electron chi connectivity index (χ2n) is 4.98. The second-order valence-corrected chi connectivity index (χ2v) is 9.99. The number of carbonyl (C=O) groups is 1. The third-order valence-electron chi connectivity index (χ3n) is 3.98. The van der Waals surface area contributed by atoms with Crippen LogP contribution in [0.25, 0.3) is 0 Å². The van der Waals surface area contributed by atoms with E-state index >= 15 is 0 Å². The Balaban J connectivity index is 1.87. The molecule has 0 aromatic heterocycles. The molecule has 0 amide bonds. The van der Waals surface area contributed by atoms with E-state index < -0.39 is 10.0 Å². The molecule has 0 aromatic carbocycles. The number of rotatable bonds is 2. The molecular weight excluding hydrogens is 342 g/mol. The molecule has 0 N–H and O–H groups in total. The molecule has 6 atom stereocenters. The minimum absolute atomic E-state index is 0.0634. The molecule has 0 aromatic rings. The molecule has 0 saturated carbocycles. The quantitative estimate of drug-likeness (QED) is 0.535. The van der Waals surface area contributed by atoms with E-state index in [0.717, 1.165) is 0 Å². The monoisotopic (exact) mass is 355 g/mol. The lowest BCUT2D eigenvalue weighted by atomic mass is 9.92. The lowest BCUT2D eigenvalue weighted by molar-refractivity contribution is -0.150. The number of hydrogen-bond acceptors (Lipinski definition) is 5. The minimum atomic E-state index is -3.19. The minimum Gasteiger partial charge on any atom is -0.459 e. The van der Waals surface area contributed by atoms with Crippen LogP contribution >= 0.6 is 27.7 Å². The van der Waals surface area contributed by atoms with Crippen molar-refractivity contribution in [1.82, 2.24) is 4.31 Å². The highest BCUT2D eigenvalue weighted by molar-refractivity contribution is 9.10.